The molecule has 8 nitrogen and oxygen atoms in total. The van der Waals surface area contributed by atoms with E-state index < -0.39 is 44.3 Å². The van der Waals surface area contributed by atoms with Gasteiger partial charge in [0.2, 0.25) is 10.0 Å². The summed E-state index contributed by atoms with van der Waals surface area (Å²) in [6.07, 6.45) is 0.117. The summed E-state index contributed by atoms with van der Waals surface area (Å²) >= 11 is 5.78. The number of halogens is 1. The Morgan fingerprint density at radius 1 is 1.38 bits per heavy atom. The van der Waals surface area contributed by atoms with Crippen LogP contribution in [0.5, 0.6) is 0 Å². The van der Waals surface area contributed by atoms with Crippen LogP contribution in [0.15, 0.2) is 23.1 Å². The van der Waals surface area contributed by atoms with Crippen molar-refractivity contribution >= 4 is 27.3 Å². The Kier molecular flexibility index (Phi) is 5.65. The van der Waals surface area contributed by atoms with Crippen molar-refractivity contribution in [1.29, 1.82) is 0 Å². The van der Waals surface area contributed by atoms with Gasteiger partial charge in [-0.15, -0.1) is 0 Å². The highest BCUT2D eigenvalue weighted by Gasteiger charge is 2.34. The SMILES string of the molecule is CCC(CO)(CO)NS(=O)(=O)c1cc([N+](=O)[O-])ccc1Cl. The van der Waals surface area contributed by atoms with Crippen molar-refractivity contribution in [2.45, 2.75) is 23.8 Å². The van der Waals surface area contributed by atoms with E-state index >= 15 is 0 Å². The number of nitrogens with one attached hydrogen (secondary N) is 1. The number of benzene rings is 1. The molecule has 0 radical (unpaired) electrons. The highest BCUT2D eigenvalue weighted by atomic mass is 35.5. The quantitative estimate of drug-likeness (QED) is 0.494. The number of hydrogen-bond acceptors (Lipinski definition) is 6. The third-order valence-corrected chi connectivity index (χ3v) is 5.11. The fourth-order valence-electron chi connectivity index (χ4n) is 1.56. The third-order valence-electron chi connectivity index (χ3n) is 3.05. The molecular weight excluding hydrogens is 324 g/mol. The van der Waals surface area contributed by atoms with Gasteiger partial charge in [0.15, 0.2) is 0 Å². The zero-order valence-electron chi connectivity index (χ0n) is 11.1. The first kappa shape index (κ1) is 17.8. The van der Waals surface area contributed by atoms with Crippen molar-refractivity contribution < 1.29 is 23.6 Å². The maximum atomic E-state index is 12.3. The lowest BCUT2D eigenvalue weighted by Crippen LogP contribution is -2.53. The molecule has 0 unspecified atom stereocenters. The van der Waals surface area contributed by atoms with Gasteiger partial charge in [0.25, 0.3) is 5.69 Å². The van der Waals surface area contributed by atoms with Crippen molar-refractivity contribution in [2.24, 2.45) is 0 Å². The van der Waals surface area contributed by atoms with Crippen LogP contribution in [0.25, 0.3) is 0 Å². The van der Waals surface area contributed by atoms with Crippen molar-refractivity contribution in [3.05, 3.63) is 33.3 Å². The molecule has 3 N–H and O–H groups in total. The van der Waals surface area contributed by atoms with E-state index in [2.05, 4.69) is 4.72 Å². The van der Waals surface area contributed by atoms with Crippen molar-refractivity contribution in [2.75, 3.05) is 13.2 Å². The molecule has 1 aromatic rings. The van der Waals surface area contributed by atoms with Crippen LogP contribution in [-0.2, 0) is 10.0 Å². The van der Waals surface area contributed by atoms with E-state index in [0.29, 0.717) is 0 Å². The van der Waals surface area contributed by atoms with Crippen LogP contribution < -0.4 is 4.72 Å². The molecule has 118 valence electrons. The van der Waals surface area contributed by atoms with Gasteiger partial charge < -0.3 is 10.2 Å². The van der Waals surface area contributed by atoms with Gasteiger partial charge in [0.05, 0.1) is 28.7 Å². The number of nitro groups is 1. The van der Waals surface area contributed by atoms with Crippen LogP contribution in [0.2, 0.25) is 5.02 Å². The van der Waals surface area contributed by atoms with Gasteiger partial charge in [0, 0.05) is 12.1 Å². The van der Waals surface area contributed by atoms with E-state index in [1.807, 2.05) is 0 Å². The van der Waals surface area contributed by atoms with Gasteiger partial charge in [-0.25, -0.2) is 13.1 Å². The predicted molar refractivity (Wildman–Crippen MR) is 75.6 cm³/mol. The lowest BCUT2D eigenvalue weighted by atomic mass is 10.0. The molecule has 0 aromatic heterocycles. The van der Waals surface area contributed by atoms with Crippen LogP contribution in [0.3, 0.4) is 0 Å². The maximum Gasteiger partial charge on any atom is 0.270 e. The molecule has 0 saturated heterocycles. The summed E-state index contributed by atoms with van der Waals surface area (Å²) in [6, 6.07) is 2.99. The first-order chi connectivity index (χ1) is 9.71. The van der Waals surface area contributed by atoms with Crippen LogP contribution in [0.4, 0.5) is 5.69 Å². The standard InChI is InChI=1S/C11H15ClN2O6S/c1-2-11(6-15,7-16)13-21(19,20)10-5-8(14(17)18)3-4-9(10)12/h3-5,13,15-16H,2,6-7H2,1H3. The van der Waals surface area contributed by atoms with E-state index in [1.54, 1.807) is 6.92 Å². The third kappa shape index (κ3) is 3.89. The van der Waals surface area contributed by atoms with Gasteiger partial charge >= 0.3 is 0 Å². The van der Waals surface area contributed by atoms with Crippen LogP contribution >= 0.6 is 11.6 Å². The lowest BCUT2D eigenvalue weighted by Gasteiger charge is -2.29. The number of sulfonamides is 1. The molecule has 0 saturated carbocycles. The molecule has 0 aliphatic carbocycles. The van der Waals surface area contributed by atoms with E-state index in [1.165, 1.54) is 0 Å². The molecular formula is C11H15ClN2O6S. The van der Waals surface area contributed by atoms with Crippen LogP contribution in [0.1, 0.15) is 13.3 Å². The minimum atomic E-state index is -4.25. The molecule has 1 aromatic carbocycles. The topological polar surface area (TPSA) is 130 Å². The zero-order valence-corrected chi connectivity index (χ0v) is 12.7. The zero-order chi connectivity index (χ0) is 16.3. The van der Waals surface area contributed by atoms with E-state index in [-0.39, 0.29) is 11.4 Å². The molecule has 0 spiro atoms. The normalized spacial score (nSPS) is 12.4. The molecule has 0 heterocycles. The molecule has 0 amide bonds. The highest BCUT2D eigenvalue weighted by Crippen LogP contribution is 2.27. The first-order valence-electron chi connectivity index (χ1n) is 5.91. The fraction of sp³-hybridized carbons (Fsp3) is 0.455. The summed E-state index contributed by atoms with van der Waals surface area (Å²) in [5.74, 6) is 0. The average molecular weight is 339 g/mol. The Morgan fingerprint density at radius 2 is 1.95 bits per heavy atom. The van der Waals surface area contributed by atoms with Gasteiger partial charge in [-0.2, -0.15) is 0 Å². The van der Waals surface area contributed by atoms with Gasteiger partial charge in [0.1, 0.15) is 4.90 Å². The Labute approximate surface area is 126 Å². The lowest BCUT2D eigenvalue weighted by molar-refractivity contribution is -0.385. The fourth-order valence-corrected chi connectivity index (χ4v) is 3.54. The Hall–Kier alpha value is -1.26. The highest BCUT2D eigenvalue weighted by molar-refractivity contribution is 7.89. The summed E-state index contributed by atoms with van der Waals surface area (Å²) in [4.78, 5) is 9.48. The first-order valence-corrected chi connectivity index (χ1v) is 7.77. The molecule has 1 rings (SSSR count). The Bertz CT molecular complexity index is 621. The summed E-state index contributed by atoms with van der Waals surface area (Å²) in [5.41, 5.74) is -1.90. The molecule has 0 atom stereocenters. The molecule has 10 heteroatoms. The summed E-state index contributed by atoms with van der Waals surface area (Å²) < 4.78 is 26.7. The Morgan fingerprint density at radius 3 is 2.38 bits per heavy atom. The molecule has 0 bridgehead atoms. The van der Waals surface area contributed by atoms with Gasteiger partial charge in [-0.3, -0.25) is 10.1 Å². The molecule has 0 aliphatic rings. The molecule has 0 aliphatic heterocycles. The number of nitrogens with zero attached hydrogens (tertiary/aromatic N) is 1. The number of rotatable bonds is 7. The summed E-state index contributed by atoms with van der Waals surface area (Å²) in [7, 11) is -4.25. The number of nitro benzene ring substituents is 1. The monoisotopic (exact) mass is 338 g/mol. The van der Waals surface area contributed by atoms with Crippen molar-refractivity contribution in [3.63, 3.8) is 0 Å². The smallest absolute Gasteiger partial charge is 0.270 e. The van der Waals surface area contributed by atoms with E-state index in [0.717, 1.165) is 18.2 Å². The second-order valence-corrected chi connectivity index (χ2v) is 6.49. The Balaban J connectivity index is 3.31. The van der Waals surface area contributed by atoms with Gasteiger partial charge in [-0.05, 0) is 12.5 Å². The van der Waals surface area contributed by atoms with Crippen LogP contribution in [-0.4, -0.2) is 42.3 Å². The molecule has 21 heavy (non-hydrogen) atoms. The van der Waals surface area contributed by atoms with E-state index in [4.69, 9.17) is 11.6 Å². The second kappa shape index (κ2) is 6.67. The predicted octanol–water partition coefficient (Wildman–Crippen LogP) is 0.660. The van der Waals surface area contributed by atoms with Gasteiger partial charge in [-0.1, -0.05) is 18.5 Å². The largest absolute Gasteiger partial charge is 0.394 e. The van der Waals surface area contributed by atoms with E-state index in [9.17, 15) is 28.7 Å². The second-order valence-electron chi connectivity index (χ2n) is 4.43. The van der Waals surface area contributed by atoms with Crippen LogP contribution in [0, 0.1) is 10.1 Å². The number of hydrogen-bond donors (Lipinski definition) is 3. The molecule has 0 fully saturated rings. The maximum absolute atomic E-state index is 12.3. The minimum absolute atomic E-state index is 0.117. The summed E-state index contributed by atoms with van der Waals surface area (Å²) in [5, 5.41) is 29.1. The average Bonchev–Trinajstić information content (AvgIpc) is 2.45. The number of aliphatic hydroxyl groups is 2. The number of aliphatic hydroxyl groups excluding tert-OH is 2. The minimum Gasteiger partial charge on any atom is -0.394 e. The number of non-ortho nitro benzene ring substituents is 1. The van der Waals surface area contributed by atoms with Crippen molar-refractivity contribution in [3.8, 4) is 0 Å². The van der Waals surface area contributed by atoms with Crippen molar-refractivity contribution in [1.82, 2.24) is 4.72 Å². The summed E-state index contributed by atoms with van der Waals surface area (Å²) in [6.45, 7) is 0.307.